The molecular formula is C16H15BrClNO. The first-order valence-electron chi connectivity index (χ1n) is 6.66. The summed E-state index contributed by atoms with van der Waals surface area (Å²) in [6, 6.07) is 14.2. The first kappa shape index (κ1) is 13.9. The molecule has 4 heteroatoms. The van der Waals surface area contributed by atoms with E-state index < -0.39 is 0 Å². The molecular weight excluding hydrogens is 338 g/mol. The highest BCUT2D eigenvalue weighted by Crippen LogP contribution is 2.30. The van der Waals surface area contributed by atoms with Crippen LogP contribution in [0.15, 0.2) is 46.9 Å². The summed E-state index contributed by atoms with van der Waals surface area (Å²) in [6.07, 6.45) is 2.53. The number of benzene rings is 2. The highest BCUT2D eigenvalue weighted by molar-refractivity contribution is 9.10. The third-order valence-electron chi connectivity index (χ3n) is 3.20. The maximum absolute atomic E-state index is 6.09. The summed E-state index contributed by atoms with van der Waals surface area (Å²) in [5.74, 6) is 1.66. The molecule has 0 bridgehead atoms. The number of rotatable bonds is 5. The standard InChI is InChI=1S/C16H15BrClNO/c17-12-2-1-3-15(9-12)20-16-7-4-13(18)8-11(16)10-19-14-5-6-14/h1-4,7-9,14,19H,5-6,10H2. The van der Waals surface area contributed by atoms with Crippen molar-refractivity contribution < 1.29 is 4.74 Å². The van der Waals surface area contributed by atoms with Gasteiger partial charge in [0.25, 0.3) is 0 Å². The normalized spacial score (nSPS) is 14.3. The van der Waals surface area contributed by atoms with Gasteiger partial charge >= 0.3 is 0 Å². The summed E-state index contributed by atoms with van der Waals surface area (Å²) in [5, 5.41) is 4.23. The van der Waals surface area contributed by atoms with Crippen molar-refractivity contribution >= 4 is 27.5 Å². The van der Waals surface area contributed by atoms with Crippen LogP contribution in [-0.2, 0) is 6.54 Å². The molecule has 1 fully saturated rings. The summed E-state index contributed by atoms with van der Waals surface area (Å²) in [4.78, 5) is 0. The second-order valence-corrected chi connectivity index (χ2v) is 6.32. The molecule has 0 heterocycles. The van der Waals surface area contributed by atoms with E-state index in [-0.39, 0.29) is 0 Å². The second-order valence-electron chi connectivity index (χ2n) is 4.97. The largest absolute Gasteiger partial charge is 0.457 e. The zero-order valence-corrected chi connectivity index (χ0v) is 13.2. The lowest BCUT2D eigenvalue weighted by Gasteiger charge is -2.12. The molecule has 0 atom stereocenters. The molecule has 3 rings (SSSR count). The van der Waals surface area contributed by atoms with Crippen LogP contribution in [0.25, 0.3) is 0 Å². The smallest absolute Gasteiger partial charge is 0.132 e. The van der Waals surface area contributed by atoms with Crippen LogP contribution >= 0.6 is 27.5 Å². The Morgan fingerprint density at radius 1 is 1.20 bits per heavy atom. The van der Waals surface area contributed by atoms with E-state index in [4.69, 9.17) is 16.3 Å². The molecule has 0 aliphatic heterocycles. The predicted octanol–water partition coefficient (Wildman–Crippen LogP) is 5.15. The molecule has 1 aliphatic rings. The highest BCUT2D eigenvalue weighted by atomic mass is 79.9. The van der Waals surface area contributed by atoms with E-state index in [9.17, 15) is 0 Å². The number of hydrogen-bond acceptors (Lipinski definition) is 2. The molecule has 1 N–H and O–H groups in total. The van der Waals surface area contributed by atoms with Crippen LogP contribution in [0, 0.1) is 0 Å². The van der Waals surface area contributed by atoms with E-state index in [1.165, 1.54) is 12.8 Å². The number of hydrogen-bond donors (Lipinski definition) is 1. The van der Waals surface area contributed by atoms with Gasteiger partial charge in [-0.3, -0.25) is 0 Å². The molecule has 20 heavy (non-hydrogen) atoms. The van der Waals surface area contributed by atoms with Crippen LogP contribution in [0.5, 0.6) is 11.5 Å². The van der Waals surface area contributed by atoms with Gasteiger partial charge in [-0.2, -0.15) is 0 Å². The minimum absolute atomic E-state index is 0.660. The van der Waals surface area contributed by atoms with Crippen molar-refractivity contribution in [2.45, 2.75) is 25.4 Å². The maximum Gasteiger partial charge on any atom is 0.132 e. The van der Waals surface area contributed by atoms with Crippen LogP contribution in [0.2, 0.25) is 5.02 Å². The van der Waals surface area contributed by atoms with E-state index in [1.807, 2.05) is 42.5 Å². The first-order chi connectivity index (χ1) is 9.70. The topological polar surface area (TPSA) is 21.3 Å². The van der Waals surface area contributed by atoms with E-state index in [0.29, 0.717) is 6.04 Å². The quantitative estimate of drug-likeness (QED) is 0.804. The van der Waals surface area contributed by atoms with Crippen LogP contribution in [0.4, 0.5) is 0 Å². The van der Waals surface area contributed by atoms with Gasteiger partial charge in [-0.15, -0.1) is 0 Å². The van der Waals surface area contributed by atoms with Crippen molar-refractivity contribution in [3.05, 3.63) is 57.5 Å². The SMILES string of the molecule is Clc1ccc(Oc2cccc(Br)c2)c(CNC2CC2)c1. The Kier molecular flexibility index (Phi) is 4.29. The van der Waals surface area contributed by atoms with Gasteiger partial charge in [0.2, 0.25) is 0 Å². The van der Waals surface area contributed by atoms with Crippen LogP contribution < -0.4 is 10.1 Å². The molecule has 0 aromatic heterocycles. The zero-order valence-electron chi connectivity index (χ0n) is 10.9. The van der Waals surface area contributed by atoms with E-state index >= 15 is 0 Å². The van der Waals surface area contributed by atoms with Gasteiger partial charge in [-0.25, -0.2) is 0 Å². The fourth-order valence-corrected chi connectivity index (χ4v) is 2.56. The Bertz CT molecular complexity index is 613. The fraction of sp³-hybridized carbons (Fsp3) is 0.250. The van der Waals surface area contributed by atoms with Crippen molar-refractivity contribution in [1.29, 1.82) is 0 Å². The molecule has 104 valence electrons. The average molecular weight is 353 g/mol. The third kappa shape index (κ3) is 3.75. The lowest BCUT2D eigenvalue weighted by atomic mass is 10.2. The zero-order chi connectivity index (χ0) is 13.9. The average Bonchev–Trinajstić information content (AvgIpc) is 3.23. The van der Waals surface area contributed by atoms with Gasteiger partial charge in [0.15, 0.2) is 0 Å². The molecule has 0 spiro atoms. The Labute approximate surface area is 132 Å². The van der Waals surface area contributed by atoms with Gasteiger partial charge < -0.3 is 10.1 Å². The summed E-state index contributed by atoms with van der Waals surface area (Å²) < 4.78 is 6.97. The molecule has 1 aliphatic carbocycles. The number of halogens is 2. The van der Waals surface area contributed by atoms with Crippen molar-refractivity contribution in [2.75, 3.05) is 0 Å². The lowest BCUT2D eigenvalue weighted by molar-refractivity contribution is 0.472. The molecule has 2 aromatic rings. The number of ether oxygens (including phenoxy) is 1. The van der Waals surface area contributed by atoms with E-state index in [0.717, 1.165) is 33.1 Å². The van der Waals surface area contributed by atoms with E-state index in [1.54, 1.807) is 0 Å². The molecule has 2 nitrogen and oxygen atoms in total. The molecule has 2 aromatic carbocycles. The van der Waals surface area contributed by atoms with Crippen LogP contribution in [0.3, 0.4) is 0 Å². The first-order valence-corrected chi connectivity index (χ1v) is 7.83. The molecule has 0 radical (unpaired) electrons. The Balaban J connectivity index is 1.79. The summed E-state index contributed by atoms with van der Waals surface area (Å²) in [6.45, 7) is 0.786. The third-order valence-corrected chi connectivity index (χ3v) is 3.93. The number of nitrogens with one attached hydrogen (secondary N) is 1. The van der Waals surface area contributed by atoms with Crippen molar-refractivity contribution in [3.8, 4) is 11.5 Å². The van der Waals surface area contributed by atoms with Gasteiger partial charge in [0.1, 0.15) is 11.5 Å². The molecule has 0 amide bonds. The molecule has 0 saturated heterocycles. The van der Waals surface area contributed by atoms with E-state index in [2.05, 4.69) is 21.2 Å². The second kappa shape index (κ2) is 6.17. The molecule has 0 unspecified atom stereocenters. The van der Waals surface area contributed by atoms with Crippen molar-refractivity contribution in [3.63, 3.8) is 0 Å². The predicted molar refractivity (Wildman–Crippen MR) is 85.5 cm³/mol. The lowest BCUT2D eigenvalue weighted by Crippen LogP contribution is -2.15. The Morgan fingerprint density at radius 2 is 2.05 bits per heavy atom. The summed E-state index contributed by atoms with van der Waals surface area (Å²) in [5.41, 5.74) is 1.09. The van der Waals surface area contributed by atoms with Gasteiger partial charge in [0, 0.05) is 27.6 Å². The summed E-state index contributed by atoms with van der Waals surface area (Å²) >= 11 is 9.54. The van der Waals surface area contributed by atoms with Crippen LogP contribution in [0.1, 0.15) is 18.4 Å². The monoisotopic (exact) mass is 351 g/mol. The Morgan fingerprint density at radius 3 is 2.80 bits per heavy atom. The maximum atomic E-state index is 6.09. The van der Waals surface area contributed by atoms with Gasteiger partial charge in [0.05, 0.1) is 0 Å². The van der Waals surface area contributed by atoms with Crippen molar-refractivity contribution in [1.82, 2.24) is 5.32 Å². The van der Waals surface area contributed by atoms with Crippen molar-refractivity contribution in [2.24, 2.45) is 0 Å². The summed E-state index contributed by atoms with van der Waals surface area (Å²) in [7, 11) is 0. The van der Waals surface area contributed by atoms with Gasteiger partial charge in [-0.05, 0) is 49.2 Å². The fourth-order valence-electron chi connectivity index (χ4n) is 1.98. The van der Waals surface area contributed by atoms with Crippen LogP contribution in [-0.4, -0.2) is 6.04 Å². The highest BCUT2D eigenvalue weighted by Gasteiger charge is 2.20. The minimum atomic E-state index is 0.660. The van der Waals surface area contributed by atoms with Gasteiger partial charge in [-0.1, -0.05) is 33.6 Å². The Hall–Kier alpha value is -1.03. The minimum Gasteiger partial charge on any atom is -0.457 e. The molecule has 1 saturated carbocycles.